The van der Waals surface area contributed by atoms with Crippen LogP contribution in [-0.2, 0) is 9.53 Å². The van der Waals surface area contributed by atoms with Crippen LogP contribution < -0.4 is 10.6 Å². The molecule has 0 spiro atoms. The fourth-order valence-electron chi connectivity index (χ4n) is 0.984. The minimum Gasteiger partial charge on any atom is -0.444 e. The van der Waals surface area contributed by atoms with Crippen molar-refractivity contribution in [2.24, 2.45) is 4.99 Å². The first-order chi connectivity index (χ1) is 9.28. The molecule has 116 valence electrons. The monoisotopic (exact) mass is 285 g/mol. The first kappa shape index (κ1) is 20.5. The van der Waals surface area contributed by atoms with Crippen LogP contribution in [0.15, 0.2) is 17.1 Å². The van der Waals surface area contributed by atoms with E-state index in [1.54, 1.807) is 40.0 Å². The van der Waals surface area contributed by atoms with Gasteiger partial charge >= 0.3 is 6.09 Å². The number of allylic oxidation sites excluding steroid dienone is 1. The van der Waals surface area contributed by atoms with Crippen LogP contribution in [0, 0.1) is 0 Å². The fourth-order valence-corrected chi connectivity index (χ4v) is 0.984. The maximum absolute atomic E-state index is 11.5. The van der Waals surface area contributed by atoms with Crippen molar-refractivity contribution in [2.45, 2.75) is 47.1 Å². The standard InChI is InChI=1S/C12H21N3O3.C2H6/c1-6-7-9(13-5)15-10(16)8-14-11(17)18-12(2,3)4;1-2/h6-7H,8H2,1-5H3,(H,14,17)(H,13,15,16);1-2H3/b7-6-;. The number of ether oxygens (including phenoxy) is 1. The van der Waals surface area contributed by atoms with Crippen molar-refractivity contribution < 1.29 is 14.3 Å². The highest BCUT2D eigenvalue weighted by atomic mass is 16.6. The summed E-state index contributed by atoms with van der Waals surface area (Å²) in [7, 11) is 1.57. The SMILES string of the molecule is C/C=C\C(=NC)NC(=O)CNC(=O)OC(C)(C)C.CC. The summed E-state index contributed by atoms with van der Waals surface area (Å²) in [6, 6.07) is 0. The summed E-state index contributed by atoms with van der Waals surface area (Å²) in [6.45, 7) is 10.9. The Balaban J connectivity index is 0. The lowest BCUT2D eigenvalue weighted by atomic mass is 10.2. The Bertz CT molecular complexity index is 355. The first-order valence-corrected chi connectivity index (χ1v) is 6.64. The summed E-state index contributed by atoms with van der Waals surface area (Å²) < 4.78 is 4.99. The van der Waals surface area contributed by atoms with Crippen molar-refractivity contribution in [3.8, 4) is 0 Å². The van der Waals surface area contributed by atoms with Gasteiger partial charge in [0.25, 0.3) is 0 Å². The van der Waals surface area contributed by atoms with Crippen molar-refractivity contribution in [2.75, 3.05) is 13.6 Å². The zero-order chi connectivity index (χ0) is 16.2. The average molecular weight is 285 g/mol. The van der Waals surface area contributed by atoms with Gasteiger partial charge in [0.1, 0.15) is 18.0 Å². The highest BCUT2D eigenvalue weighted by Crippen LogP contribution is 2.05. The van der Waals surface area contributed by atoms with E-state index in [1.807, 2.05) is 20.8 Å². The van der Waals surface area contributed by atoms with Gasteiger partial charge in [-0.1, -0.05) is 19.9 Å². The first-order valence-electron chi connectivity index (χ1n) is 6.64. The summed E-state index contributed by atoms with van der Waals surface area (Å²) in [4.78, 5) is 26.6. The van der Waals surface area contributed by atoms with Crippen LogP contribution in [0.1, 0.15) is 41.5 Å². The van der Waals surface area contributed by atoms with Crippen LogP contribution in [0.2, 0.25) is 0 Å². The summed E-state index contributed by atoms with van der Waals surface area (Å²) in [6.07, 6.45) is 2.79. The van der Waals surface area contributed by atoms with E-state index >= 15 is 0 Å². The second-order valence-electron chi connectivity index (χ2n) is 4.51. The van der Waals surface area contributed by atoms with Gasteiger partial charge < -0.3 is 15.4 Å². The minimum atomic E-state index is -0.626. The molecule has 0 saturated carbocycles. The zero-order valence-electron chi connectivity index (χ0n) is 13.5. The van der Waals surface area contributed by atoms with Crippen LogP contribution in [-0.4, -0.2) is 37.0 Å². The van der Waals surface area contributed by atoms with Crippen LogP contribution in [0.3, 0.4) is 0 Å². The van der Waals surface area contributed by atoms with E-state index < -0.39 is 11.7 Å². The largest absolute Gasteiger partial charge is 0.444 e. The third-order valence-electron chi connectivity index (χ3n) is 1.63. The van der Waals surface area contributed by atoms with Gasteiger partial charge in [-0.3, -0.25) is 9.79 Å². The van der Waals surface area contributed by atoms with Gasteiger partial charge in [0.05, 0.1) is 0 Å². The molecule has 0 radical (unpaired) electrons. The number of nitrogens with one attached hydrogen (secondary N) is 2. The predicted molar refractivity (Wildman–Crippen MR) is 81.9 cm³/mol. The van der Waals surface area contributed by atoms with E-state index in [2.05, 4.69) is 15.6 Å². The highest BCUT2D eigenvalue weighted by Gasteiger charge is 2.16. The van der Waals surface area contributed by atoms with Gasteiger partial charge in [0.2, 0.25) is 5.91 Å². The number of hydrogen-bond acceptors (Lipinski definition) is 4. The molecule has 0 saturated heterocycles. The molecule has 0 rings (SSSR count). The van der Waals surface area contributed by atoms with Crippen molar-refractivity contribution in [1.29, 1.82) is 0 Å². The molecule has 0 aliphatic heterocycles. The van der Waals surface area contributed by atoms with E-state index in [4.69, 9.17) is 4.74 Å². The number of rotatable bonds is 3. The summed E-state index contributed by atoms with van der Waals surface area (Å²) >= 11 is 0. The van der Waals surface area contributed by atoms with Crippen LogP contribution in [0.4, 0.5) is 4.79 Å². The maximum atomic E-state index is 11.5. The number of aliphatic imine (C=N–C) groups is 1. The Labute approximate surface area is 121 Å². The van der Waals surface area contributed by atoms with Crippen molar-refractivity contribution in [1.82, 2.24) is 10.6 Å². The Morgan fingerprint density at radius 2 is 1.80 bits per heavy atom. The van der Waals surface area contributed by atoms with Gasteiger partial charge in [-0.05, 0) is 33.8 Å². The number of carbonyl (C=O) groups is 2. The lowest BCUT2D eigenvalue weighted by Crippen LogP contribution is -2.41. The number of amidine groups is 1. The van der Waals surface area contributed by atoms with Crippen LogP contribution in [0.25, 0.3) is 0 Å². The van der Waals surface area contributed by atoms with Crippen LogP contribution >= 0.6 is 0 Å². The number of carbonyl (C=O) groups excluding carboxylic acids is 2. The fraction of sp³-hybridized carbons (Fsp3) is 0.643. The zero-order valence-corrected chi connectivity index (χ0v) is 13.5. The minimum absolute atomic E-state index is 0.161. The molecule has 0 heterocycles. The molecule has 6 nitrogen and oxygen atoms in total. The second kappa shape index (κ2) is 11.0. The number of alkyl carbamates (subject to hydrolysis) is 1. The molecule has 0 aromatic rings. The molecule has 6 heteroatoms. The van der Waals surface area contributed by atoms with E-state index in [0.29, 0.717) is 5.84 Å². The molecular formula is C14H27N3O3. The quantitative estimate of drug-likeness (QED) is 0.616. The van der Waals surface area contributed by atoms with Crippen molar-refractivity contribution >= 4 is 17.8 Å². The lowest BCUT2D eigenvalue weighted by Gasteiger charge is -2.19. The predicted octanol–water partition coefficient (Wildman–Crippen LogP) is 2.26. The smallest absolute Gasteiger partial charge is 0.408 e. The molecule has 0 unspecified atom stereocenters. The maximum Gasteiger partial charge on any atom is 0.408 e. The Morgan fingerprint density at radius 3 is 2.20 bits per heavy atom. The number of nitrogens with zero attached hydrogens (tertiary/aromatic N) is 1. The van der Waals surface area contributed by atoms with E-state index in [9.17, 15) is 9.59 Å². The summed E-state index contributed by atoms with van der Waals surface area (Å²) in [5, 5.41) is 4.90. The molecule has 0 aromatic carbocycles. The third kappa shape index (κ3) is 12.6. The summed E-state index contributed by atoms with van der Waals surface area (Å²) in [5.74, 6) is 0.0769. The summed E-state index contributed by atoms with van der Waals surface area (Å²) in [5.41, 5.74) is -0.582. The van der Waals surface area contributed by atoms with Crippen LogP contribution in [0.5, 0.6) is 0 Å². The Hall–Kier alpha value is -1.85. The molecule has 2 amide bonds. The molecular weight excluding hydrogens is 258 g/mol. The van der Waals surface area contributed by atoms with Crippen molar-refractivity contribution in [3.63, 3.8) is 0 Å². The normalized spacial score (nSPS) is 11.4. The molecule has 0 aromatic heterocycles. The third-order valence-corrected chi connectivity index (χ3v) is 1.63. The van der Waals surface area contributed by atoms with Gasteiger partial charge in [0, 0.05) is 7.05 Å². The molecule has 0 aliphatic rings. The van der Waals surface area contributed by atoms with Gasteiger partial charge in [0.15, 0.2) is 0 Å². The van der Waals surface area contributed by atoms with E-state index in [1.165, 1.54) is 0 Å². The van der Waals surface area contributed by atoms with Crippen molar-refractivity contribution in [3.05, 3.63) is 12.2 Å². The molecule has 2 N–H and O–H groups in total. The Kier molecular flexibility index (Phi) is 11.3. The van der Waals surface area contributed by atoms with E-state index in [-0.39, 0.29) is 12.5 Å². The van der Waals surface area contributed by atoms with Gasteiger partial charge in [-0.2, -0.15) is 0 Å². The number of hydrogen-bond donors (Lipinski definition) is 2. The molecule has 0 fully saturated rings. The highest BCUT2D eigenvalue weighted by molar-refractivity contribution is 6.05. The molecule has 0 aliphatic carbocycles. The van der Waals surface area contributed by atoms with E-state index in [0.717, 1.165) is 0 Å². The van der Waals surface area contributed by atoms with Gasteiger partial charge in [-0.15, -0.1) is 0 Å². The topological polar surface area (TPSA) is 79.8 Å². The molecule has 0 atom stereocenters. The lowest BCUT2D eigenvalue weighted by molar-refractivity contribution is -0.118. The molecule has 0 bridgehead atoms. The average Bonchev–Trinajstić information content (AvgIpc) is 2.36. The Morgan fingerprint density at radius 1 is 1.25 bits per heavy atom. The second-order valence-corrected chi connectivity index (χ2v) is 4.51. The van der Waals surface area contributed by atoms with Gasteiger partial charge in [-0.25, -0.2) is 4.79 Å². The number of amides is 2. The molecule has 20 heavy (non-hydrogen) atoms.